The molecule has 8 nitrogen and oxygen atoms in total. The molecule has 1 rings (SSSR count). The van der Waals surface area contributed by atoms with E-state index in [-0.39, 0.29) is 5.56 Å². The van der Waals surface area contributed by atoms with Crippen molar-refractivity contribution in [3.63, 3.8) is 0 Å². The van der Waals surface area contributed by atoms with Crippen LogP contribution in [0.15, 0.2) is 18.2 Å². The SMILES string of the molecule is CC(=O)C(C(=O)O)C(=O)c1ccc(C#N)cc1[N+](=O)[O-]. The number of carboxylic acid groups (broad SMARTS) is 1. The van der Waals surface area contributed by atoms with Gasteiger partial charge in [0, 0.05) is 6.07 Å². The number of aliphatic carboxylic acids is 1. The van der Waals surface area contributed by atoms with Crippen LogP contribution in [0.3, 0.4) is 0 Å². The average molecular weight is 276 g/mol. The Bertz CT molecular complexity index is 644. The third-order valence-corrected chi connectivity index (χ3v) is 2.50. The first-order chi connectivity index (χ1) is 9.29. The molecule has 0 saturated carbocycles. The van der Waals surface area contributed by atoms with E-state index >= 15 is 0 Å². The average Bonchev–Trinajstić information content (AvgIpc) is 2.36. The lowest BCUT2D eigenvalue weighted by Crippen LogP contribution is -2.30. The monoisotopic (exact) mass is 276 g/mol. The number of carbonyl (C=O) groups is 3. The van der Waals surface area contributed by atoms with Crippen molar-refractivity contribution >= 4 is 23.2 Å². The largest absolute Gasteiger partial charge is 0.480 e. The van der Waals surface area contributed by atoms with Crippen LogP contribution >= 0.6 is 0 Å². The summed E-state index contributed by atoms with van der Waals surface area (Å²) in [6.07, 6.45) is 0. The number of hydrogen-bond acceptors (Lipinski definition) is 6. The third-order valence-electron chi connectivity index (χ3n) is 2.50. The van der Waals surface area contributed by atoms with Gasteiger partial charge in [-0.1, -0.05) is 0 Å². The van der Waals surface area contributed by atoms with Crippen molar-refractivity contribution in [3.05, 3.63) is 39.4 Å². The summed E-state index contributed by atoms with van der Waals surface area (Å²) < 4.78 is 0. The molecule has 8 heteroatoms. The quantitative estimate of drug-likeness (QED) is 0.365. The van der Waals surface area contributed by atoms with E-state index in [9.17, 15) is 24.5 Å². The Morgan fingerprint density at radius 1 is 1.40 bits per heavy atom. The van der Waals surface area contributed by atoms with Gasteiger partial charge in [-0.05, 0) is 19.1 Å². The van der Waals surface area contributed by atoms with Gasteiger partial charge in [0.2, 0.25) is 0 Å². The first kappa shape index (κ1) is 15.0. The smallest absolute Gasteiger partial charge is 0.322 e. The predicted octanol–water partition coefficient (Wildman–Crippen LogP) is 0.939. The lowest BCUT2D eigenvalue weighted by molar-refractivity contribution is -0.385. The molecule has 1 unspecified atom stereocenters. The summed E-state index contributed by atoms with van der Waals surface area (Å²) in [7, 11) is 0. The maximum atomic E-state index is 12.0. The Kier molecular flexibility index (Phi) is 4.27. The summed E-state index contributed by atoms with van der Waals surface area (Å²) in [6, 6.07) is 4.63. The number of nitro groups is 1. The van der Waals surface area contributed by atoms with Gasteiger partial charge in [-0.25, -0.2) is 0 Å². The van der Waals surface area contributed by atoms with Gasteiger partial charge < -0.3 is 5.11 Å². The van der Waals surface area contributed by atoms with Gasteiger partial charge >= 0.3 is 5.97 Å². The molecule has 0 aliphatic carbocycles. The van der Waals surface area contributed by atoms with Crippen molar-refractivity contribution in [1.29, 1.82) is 5.26 Å². The van der Waals surface area contributed by atoms with E-state index in [2.05, 4.69) is 0 Å². The second-order valence-electron chi connectivity index (χ2n) is 3.85. The Morgan fingerprint density at radius 3 is 2.40 bits per heavy atom. The highest BCUT2D eigenvalue weighted by Gasteiger charge is 2.35. The van der Waals surface area contributed by atoms with Gasteiger partial charge in [0.05, 0.1) is 22.1 Å². The molecule has 102 valence electrons. The number of carbonyl (C=O) groups excluding carboxylic acids is 2. The van der Waals surface area contributed by atoms with Gasteiger partial charge in [-0.3, -0.25) is 24.5 Å². The third kappa shape index (κ3) is 2.84. The molecule has 0 amide bonds. The summed E-state index contributed by atoms with van der Waals surface area (Å²) in [4.78, 5) is 44.0. The molecular formula is C12H8N2O6. The van der Waals surface area contributed by atoms with Crippen LogP contribution in [0.2, 0.25) is 0 Å². The fourth-order valence-corrected chi connectivity index (χ4v) is 1.59. The van der Waals surface area contributed by atoms with Gasteiger partial charge in [0.25, 0.3) is 5.69 Å². The number of nitriles is 1. The second kappa shape index (κ2) is 5.71. The zero-order chi connectivity index (χ0) is 15.4. The van der Waals surface area contributed by atoms with Crippen molar-refractivity contribution in [2.75, 3.05) is 0 Å². The summed E-state index contributed by atoms with van der Waals surface area (Å²) in [5, 5.41) is 28.4. The van der Waals surface area contributed by atoms with E-state index in [4.69, 9.17) is 10.4 Å². The molecule has 0 spiro atoms. The number of nitrogens with zero attached hydrogens (tertiary/aromatic N) is 2. The van der Waals surface area contributed by atoms with E-state index in [1.54, 1.807) is 6.07 Å². The van der Waals surface area contributed by atoms with Crippen LogP contribution in [0.5, 0.6) is 0 Å². The molecule has 1 N–H and O–H groups in total. The molecular weight excluding hydrogens is 268 g/mol. The first-order valence-corrected chi connectivity index (χ1v) is 5.25. The summed E-state index contributed by atoms with van der Waals surface area (Å²) in [5.41, 5.74) is -1.28. The van der Waals surface area contributed by atoms with Crippen LogP contribution in [0.4, 0.5) is 5.69 Å². The van der Waals surface area contributed by atoms with E-state index in [1.165, 1.54) is 0 Å². The number of Topliss-reactive ketones (excluding diaryl/α,β-unsaturated/α-hetero) is 2. The van der Waals surface area contributed by atoms with Crippen LogP contribution in [-0.4, -0.2) is 27.6 Å². The molecule has 1 atom stereocenters. The van der Waals surface area contributed by atoms with E-state index in [1.807, 2.05) is 0 Å². The molecule has 0 aromatic heterocycles. The number of benzene rings is 1. The normalized spacial score (nSPS) is 11.2. The van der Waals surface area contributed by atoms with Crippen LogP contribution in [0, 0.1) is 27.4 Å². The Balaban J connectivity index is 3.43. The predicted molar refractivity (Wildman–Crippen MR) is 63.9 cm³/mol. The van der Waals surface area contributed by atoms with Gasteiger partial charge in [0.15, 0.2) is 17.5 Å². The van der Waals surface area contributed by atoms with E-state index in [0.29, 0.717) is 0 Å². The molecule has 0 aliphatic rings. The summed E-state index contributed by atoms with van der Waals surface area (Å²) >= 11 is 0. The zero-order valence-corrected chi connectivity index (χ0v) is 10.2. The molecule has 1 aromatic carbocycles. The van der Waals surface area contributed by atoms with Crippen LogP contribution in [-0.2, 0) is 9.59 Å². The minimum Gasteiger partial charge on any atom is -0.480 e. The molecule has 0 heterocycles. The number of hydrogen-bond donors (Lipinski definition) is 1. The molecule has 0 saturated heterocycles. The van der Waals surface area contributed by atoms with Crippen molar-refractivity contribution < 1.29 is 24.4 Å². The second-order valence-corrected chi connectivity index (χ2v) is 3.85. The summed E-state index contributed by atoms with van der Waals surface area (Å²) in [6.45, 7) is 0.909. The zero-order valence-electron chi connectivity index (χ0n) is 10.2. The van der Waals surface area contributed by atoms with Gasteiger partial charge in [-0.2, -0.15) is 5.26 Å². The van der Waals surface area contributed by atoms with E-state index in [0.717, 1.165) is 25.1 Å². The maximum Gasteiger partial charge on any atom is 0.322 e. The minimum atomic E-state index is -2.00. The molecule has 20 heavy (non-hydrogen) atoms. The maximum absolute atomic E-state index is 12.0. The Morgan fingerprint density at radius 2 is 2.00 bits per heavy atom. The van der Waals surface area contributed by atoms with Gasteiger partial charge in [-0.15, -0.1) is 0 Å². The number of nitro benzene ring substituents is 1. The number of carboxylic acids is 1. The Hall–Kier alpha value is -3.08. The standard InChI is InChI=1S/C12H8N2O6/c1-6(15)10(12(17)18)11(16)8-3-2-7(5-13)4-9(8)14(19)20/h2-4,10H,1H3,(H,17,18). The Labute approximate surface area is 112 Å². The fraction of sp³-hybridized carbons (Fsp3) is 0.167. The molecule has 0 radical (unpaired) electrons. The lowest BCUT2D eigenvalue weighted by Gasteiger charge is -2.08. The number of ketones is 2. The van der Waals surface area contributed by atoms with Crippen LogP contribution < -0.4 is 0 Å². The molecule has 1 aromatic rings. The van der Waals surface area contributed by atoms with Crippen molar-refractivity contribution in [2.45, 2.75) is 6.92 Å². The van der Waals surface area contributed by atoms with E-state index < -0.39 is 39.6 Å². The molecule has 0 aliphatic heterocycles. The topological polar surface area (TPSA) is 138 Å². The van der Waals surface area contributed by atoms with Crippen molar-refractivity contribution in [2.24, 2.45) is 5.92 Å². The highest BCUT2D eigenvalue weighted by atomic mass is 16.6. The lowest BCUT2D eigenvalue weighted by atomic mass is 9.93. The number of rotatable bonds is 5. The van der Waals surface area contributed by atoms with Crippen molar-refractivity contribution in [3.8, 4) is 6.07 Å². The fourth-order valence-electron chi connectivity index (χ4n) is 1.59. The summed E-state index contributed by atoms with van der Waals surface area (Å²) in [5.74, 6) is -5.79. The first-order valence-electron chi connectivity index (χ1n) is 5.25. The highest BCUT2D eigenvalue weighted by Crippen LogP contribution is 2.23. The molecule has 0 fully saturated rings. The van der Waals surface area contributed by atoms with Crippen LogP contribution in [0.25, 0.3) is 0 Å². The van der Waals surface area contributed by atoms with Crippen LogP contribution in [0.1, 0.15) is 22.8 Å². The van der Waals surface area contributed by atoms with Gasteiger partial charge in [0.1, 0.15) is 0 Å². The highest BCUT2D eigenvalue weighted by molar-refractivity contribution is 6.22. The minimum absolute atomic E-state index is 0.0528. The van der Waals surface area contributed by atoms with Crippen molar-refractivity contribution in [1.82, 2.24) is 0 Å². The molecule has 0 bridgehead atoms.